The Bertz CT molecular complexity index is 1200. The number of hydrogen-bond acceptors (Lipinski definition) is 5. The van der Waals surface area contributed by atoms with Crippen LogP contribution in [0.1, 0.15) is 33.6 Å². The number of para-hydroxylation sites is 1. The molecule has 2 heterocycles. The van der Waals surface area contributed by atoms with E-state index in [1.54, 1.807) is 4.90 Å². The van der Waals surface area contributed by atoms with Crippen molar-refractivity contribution < 1.29 is 19.1 Å². The highest BCUT2D eigenvalue weighted by molar-refractivity contribution is 6.07. The molecule has 0 bridgehead atoms. The zero-order chi connectivity index (χ0) is 21.9. The van der Waals surface area contributed by atoms with Crippen LogP contribution in [0.4, 0.5) is 0 Å². The van der Waals surface area contributed by atoms with Crippen molar-refractivity contribution in [2.24, 2.45) is 0 Å². The Morgan fingerprint density at radius 1 is 1.00 bits per heavy atom. The van der Waals surface area contributed by atoms with Gasteiger partial charge in [-0.25, -0.2) is 9.78 Å². The number of ether oxygens (including phenoxy) is 2. The van der Waals surface area contributed by atoms with Crippen molar-refractivity contribution in [2.75, 3.05) is 32.9 Å². The molecule has 5 rings (SSSR count). The maximum atomic E-state index is 13.2. The van der Waals surface area contributed by atoms with Gasteiger partial charge in [-0.3, -0.25) is 4.79 Å². The minimum absolute atomic E-state index is 0.193. The maximum Gasteiger partial charge on any atom is 0.339 e. The number of esters is 1. The summed E-state index contributed by atoms with van der Waals surface area (Å²) in [5.41, 5.74) is 5.23. The van der Waals surface area contributed by atoms with E-state index >= 15 is 0 Å². The predicted octanol–water partition coefficient (Wildman–Crippen LogP) is 3.74. The topological polar surface area (TPSA) is 68.7 Å². The number of benzene rings is 2. The van der Waals surface area contributed by atoms with Crippen molar-refractivity contribution in [3.05, 3.63) is 77.0 Å². The zero-order valence-corrected chi connectivity index (χ0v) is 17.8. The Kier molecular flexibility index (Phi) is 5.69. The molecular weight excluding hydrogens is 404 g/mol. The van der Waals surface area contributed by atoms with E-state index in [2.05, 4.69) is 18.2 Å². The third-order valence-corrected chi connectivity index (χ3v) is 5.98. The van der Waals surface area contributed by atoms with Gasteiger partial charge in [-0.1, -0.05) is 48.5 Å². The molecule has 32 heavy (non-hydrogen) atoms. The van der Waals surface area contributed by atoms with E-state index in [1.165, 1.54) is 0 Å². The molecule has 162 valence electrons. The molecule has 1 aliphatic carbocycles. The highest BCUT2D eigenvalue weighted by Gasteiger charge is 2.28. The second kappa shape index (κ2) is 8.93. The largest absolute Gasteiger partial charge is 0.452 e. The summed E-state index contributed by atoms with van der Waals surface area (Å²) in [7, 11) is 0. The number of carbonyl (C=O) groups excluding carboxylic acids is 2. The molecule has 2 aliphatic rings. The van der Waals surface area contributed by atoms with Gasteiger partial charge in [0.2, 0.25) is 0 Å². The highest BCUT2D eigenvalue weighted by Crippen LogP contribution is 2.37. The molecule has 0 radical (unpaired) electrons. The van der Waals surface area contributed by atoms with Crippen LogP contribution in [0.15, 0.2) is 54.6 Å². The first-order chi connectivity index (χ1) is 15.7. The molecule has 1 fully saturated rings. The molecule has 6 heteroatoms. The van der Waals surface area contributed by atoms with E-state index in [4.69, 9.17) is 14.5 Å². The second-order valence-electron chi connectivity index (χ2n) is 7.98. The smallest absolute Gasteiger partial charge is 0.339 e. The first kappa shape index (κ1) is 20.4. The van der Waals surface area contributed by atoms with Crippen LogP contribution >= 0.6 is 0 Å². The third kappa shape index (κ3) is 4.01. The van der Waals surface area contributed by atoms with Crippen LogP contribution in [0.2, 0.25) is 0 Å². The number of carbonyl (C=O) groups is 2. The van der Waals surface area contributed by atoms with Crippen LogP contribution < -0.4 is 0 Å². The van der Waals surface area contributed by atoms with Crippen molar-refractivity contribution in [3.8, 4) is 0 Å². The van der Waals surface area contributed by atoms with E-state index in [0.717, 1.165) is 39.7 Å². The number of aromatic nitrogens is 1. The molecular formula is C26H24N2O4. The molecule has 1 aliphatic heterocycles. The average molecular weight is 428 g/mol. The number of morpholine rings is 1. The van der Waals surface area contributed by atoms with Gasteiger partial charge in [0.05, 0.1) is 30.0 Å². The Balaban J connectivity index is 1.47. The first-order valence-electron chi connectivity index (χ1n) is 10.9. The molecule has 1 aromatic heterocycles. The standard InChI is InChI=1S/C26H24N2O4/c29-23(28-12-14-31-15-13-28)17-32-26(30)24-20-8-4-5-9-22(20)27-25-19(10-11-21(24)25)16-18-6-2-1-3-7-18/h1-9,16H,10-15,17H2/b19-16+. The van der Waals surface area contributed by atoms with E-state index in [0.29, 0.717) is 38.3 Å². The van der Waals surface area contributed by atoms with Gasteiger partial charge >= 0.3 is 5.97 Å². The van der Waals surface area contributed by atoms with Gasteiger partial charge in [0.1, 0.15) is 0 Å². The van der Waals surface area contributed by atoms with E-state index in [1.807, 2.05) is 42.5 Å². The average Bonchev–Trinajstić information content (AvgIpc) is 3.23. The quantitative estimate of drug-likeness (QED) is 0.592. The molecule has 0 N–H and O–H groups in total. The second-order valence-corrected chi connectivity index (χ2v) is 7.98. The molecule has 2 aromatic carbocycles. The van der Waals surface area contributed by atoms with Crippen molar-refractivity contribution in [1.29, 1.82) is 0 Å². The fourth-order valence-corrected chi connectivity index (χ4v) is 4.37. The van der Waals surface area contributed by atoms with Gasteiger partial charge in [0.25, 0.3) is 5.91 Å². The molecule has 0 atom stereocenters. The highest BCUT2D eigenvalue weighted by atomic mass is 16.5. The van der Waals surface area contributed by atoms with Gasteiger partial charge in [0.15, 0.2) is 6.61 Å². The van der Waals surface area contributed by atoms with Gasteiger partial charge in [-0.15, -0.1) is 0 Å². The van der Waals surface area contributed by atoms with Gasteiger partial charge in [-0.05, 0) is 41.7 Å². The number of pyridine rings is 1. The zero-order valence-electron chi connectivity index (χ0n) is 17.8. The number of fused-ring (bicyclic) bond motifs is 2. The fraction of sp³-hybridized carbons (Fsp3) is 0.269. The monoisotopic (exact) mass is 428 g/mol. The summed E-state index contributed by atoms with van der Waals surface area (Å²) in [6.07, 6.45) is 3.65. The van der Waals surface area contributed by atoms with Crippen molar-refractivity contribution >= 4 is 34.4 Å². The molecule has 6 nitrogen and oxygen atoms in total. The Morgan fingerprint density at radius 3 is 2.56 bits per heavy atom. The molecule has 0 saturated carbocycles. The summed E-state index contributed by atoms with van der Waals surface area (Å²) in [5, 5.41) is 0.760. The van der Waals surface area contributed by atoms with E-state index in [-0.39, 0.29) is 12.5 Å². The maximum absolute atomic E-state index is 13.2. The van der Waals surface area contributed by atoms with Crippen molar-refractivity contribution in [3.63, 3.8) is 0 Å². The summed E-state index contributed by atoms with van der Waals surface area (Å²) < 4.78 is 10.8. The first-order valence-corrected chi connectivity index (χ1v) is 10.9. The normalized spacial score (nSPS) is 16.9. The number of allylic oxidation sites excluding steroid dienone is 1. The Hall–Kier alpha value is -3.51. The molecule has 1 saturated heterocycles. The van der Waals surface area contributed by atoms with Crippen LogP contribution in [0.25, 0.3) is 22.6 Å². The molecule has 3 aromatic rings. The lowest BCUT2D eigenvalue weighted by Gasteiger charge is -2.26. The predicted molar refractivity (Wildman–Crippen MR) is 122 cm³/mol. The SMILES string of the molecule is O=C(OCC(=O)N1CCOCC1)c1c2c(nc3ccccc13)/C(=C/c1ccccc1)CC2. The molecule has 0 unspecified atom stereocenters. The summed E-state index contributed by atoms with van der Waals surface area (Å²) in [5.74, 6) is -0.663. The summed E-state index contributed by atoms with van der Waals surface area (Å²) in [6.45, 7) is 1.81. The minimum Gasteiger partial charge on any atom is -0.452 e. The lowest BCUT2D eigenvalue weighted by atomic mass is 10.0. The summed E-state index contributed by atoms with van der Waals surface area (Å²) >= 11 is 0. The minimum atomic E-state index is -0.470. The summed E-state index contributed by atoms with van der Waals surface area (Å²) in [4.78, 5) is 32.2. The number of amides is 1. The molecule has 0 spiro atoms. The number of rotatable bonds is 4. The third-order valence-electron chi connectivity index (χ3n) is 5.98. The van der Waals surface area contributed by atoms with Crippen LogP contribution in [0.3, 0.4) is 0 Å². The summed E-state index contributed by atoms with van der Waals surface area (Å²) in [6, 6.07) is 17.7. The fourth-order valence-electron chi connectivity index (χ4n) is 4.37. The Morgan fingerprint density at radius 2 is 1.75 bits per heavy atom. The van der Waals surface area contributed by atoms with E-state index < -0.39 is 5.97 Å². The van der Waals surface area contributed by atoms with Gasteiger partial charge < -0.3 is 14.4 Å². The van der Waals surface area contributed by atoms with Crippen LogP contribution in [-0.4, -0.2) is 54.7 Å². The number of hydrogen-bond donors (Lipinski definition) is 0. The van der Waals surface area contributed by atoms with Crippen LogP contribution in [0.5, 0.6) is 0 Å². The lowest BCUT2D eigenvalue weighted by Crippen LogP contribution is -2.42. The van der Waals surface area contributed by atoms with Crippen LogP contribution in [0, 0.1) is 0 Å². The Labute approximate surface area is 186 Å². The van der Waals surface area contributed by atoms with Crippen molar-refractivity contribution in [1.82, 2.24) is 9.88 Å². The van der Waals surface area contributed by atoms with E-state index in [9.17, 15) is 9.59 Å². The lowest BCUT2D eigenvalue weighted by molar-refractivity contribution is -0.138. The van der Waals surface area contributed by atoms with Gasteiger partial charge in [-0.2, -0.15) is 0 Å². The molecule has 1 amide bonds. The van der Waals surface area contributed by atoms with Gasteiger partial charge in [0, 0.05) is 18.5 Å². The van der Waals surface area contributed by atoms with Crippen molar-refractivity contribution in [2.45, 2.75) is 12.8 Å². The van der Waals surface area contributed by atoms with Crippen LogP contribution in [-0.2, 0) is 20.7 Å². The number of nitrogens with zero attached hydrogens (tertiary/aromatic N) is 2.